The maximum atomic E-state index is 2.38. The summed E-state index contributed by atoms with van der Waals surface area (Å²) in [6, 6.07) is 0. The SMILES string of the molecule is CC(C)(C)CC1CCCCCCC1. The molecule has 0 heteroatoms. The number of hydrogen-bond donors (Lipinski definition) is 0. The molecule has 1 rings (SSSR count). The molecule has 13 heavy (non-hydrogen) atoms. The second-order valence-corrected chi connectivity index (χ2v) is 5.98. The van der Waals surface area contributed by atoms with E-state index in [0.29, 0.717) is 5.41 Å². The van der Waals surface area contributed by atoms with Gasteiger partial charge in [-0.1, -0.05) is 65.7 Å². The molecule has 0 spiro atoms. The second-order valence-electron chi connectivity index (χ2n) is 5.98. The Labute approximate surface area is 84.1 Å². The highest BCUT2D eigenvalue weighted by Crippen LogP contribution is 2.32. The van der Waals surface area contributed by atoms with Gasteiger partial charge in [0, 0.05) is 0 Å². The zero-order valence-corrected chi connectivity index (χ0v) is 9.73. The number of hydrogen-bond acceptors (Lipinski definition) is 0. The van der Waals surface area contributed by atoms with Crippen molar-refractivity contribution in [1.29, 1.82) is 0 Å². The Bertz CT molecular complexity index is 121. The highest BCUT2D eigenvalue weighted by Gasteiger charge is 2.18. The first kappa shape index (κ1) is 11.1. The lowest BCUT2D eigenvalue weighted by Crippen LogP contribution is -2.14. The molecule has 0 N–H and O–H groups in total. The molecule has 0 nitrogen and oxygen atoms in total. The summed E-state index contributed by atoms with van der Waals surface area (Å²) in [5.41, 5.74) is 0.545. The van der Waals surface area contributed by atoms with E-state index < -0.39 is 0 Å². The van der Waals surface area contributed by atoms with Gasteiger partial charge in [0.25, 0.3) is 0 Å². The van der Waals surface area contributed by atoms with Gasteiger partial charge in [0.15, 0.2) is 0 Å². The Kier molecular flexibility index (Phi) is 4.28. The van der Waals surface area contributed by atoms with Crippen LogP contribution in [0.3, 0.4) is 0 Å². The third-order valence-corrected chi connectivity index (χ3v) is 3.13. The standard InChI is InChI=1S/C13H26/c1-13(2,3)11-12-9-7-5-4-6-8-10-12/h12H,4-11H2,1-3H3. The van der Waals surface area contributed by atoms with E-state index in [2.05, 4.69) is 20.8 Å². The van der Waals surface area contributed by atoms with E-state index in [4.69, 9.17) is 0 Å². The second kappa shape index (κ2) is 5.02. The van der Waals surface area contributed by atoms with Crippen LogP contribution < -0.4 is 0 Å². The van der Waals surface area contributed by atoms with Crippen LogP contribution in [0.25, 0.3) is 0 Å². The molecule has 0 saturated heterocycles. The molecule has 1 aliphatic rings. The average molecular weight is 182 g/mol. The van der Waals surface area contributed by atoms with Crippen molar-refractivity contribution >= 4 is 0 Å². The van der Waals surface area contributed by atoms with Crippen LogP contribution in [0.15, 0.2) is 0 Å². The molecular weight excluding hydrogens is 156 g/mol. The van der Waals surface area contributed by atoms with Gasteiger partial charge in [-0.05, 0) is 17.8 Å². The van der Waals surface area contributed by atoms with Crippen LogP contribution in [-0.4, -0.2) is 0 Å². The molecule has 0 unspecified atom stereocenters. The van der Waals surface area contributed by atoms with Crippen LogP contribution in [0.2, 0.25) is 0 Å². The van der Waals surface area contributed by atoms with E-state index in [0.717, 1.165) is 5.92 Å². The predicted octanol–water partition coefficient (Wildman–Crippen LogP) is 4.78. The fourth-order valence-corrected chi connectivity index (χ4v) is 2.61. The molecule has 0 aliphatic heterocycles. The third-order valence-electron chi connectivity index (χ3n) is 3.13. The summed E-state index contributed by atoms with van der Waals surface area (Å²) < 4.78 is 0. The van der Waals surface area contributed by atoms with Gasteiger partial charge in [0.05, 0.1) is 0 Å². The molecule has 0 bridgehead atoms. The van der Waals surface area contributed by atoms with Gasteiger partial charge >= 0.3 is 0 Å². The maximum Gasteiger partial charge on any atom is -0.0380 e. The van der Waals surface area contributed by atoms with Crippen molar-refractivity contribution in [3.05, 3.63) is 0 Å². The van der Waals surface area contributed by atoms with Crippen molar-refractivity contribution in [2.75, 3.05) is 0 Å². The highest BCUT2D eigenvalue weighted by molar-refractivity contribution is 4.71. The summed E-state index contributed by atoms with van der Waals surface area (Å²) >= 11 is 0. The van der Waals surface area contributed by atoms with Crippen LogP contribution in [0, 0.1) is 11.3 Å². The van der Waals surface area contributed by atoms with E-state index in [1.807, 2.05) is 0 Å². The van der Waals surface area contributed by atoms with Gasteiger partial charge in [-0.25, -0.2) is 0 Å². The largest absolute Gasteiger partial charge is 0.0602 e. The summed E-state index contributed by atoms with van der Waals surface area (Å²) in [4.78, 5) is 0. The smallest absolute Gasteiger partial charge is 0.0380 e. The van der Waals surface area contributed by atoms with Crippen molar-refractivity contribution in [3.63, 3.8) is 0 Å². The Balaban J connectivity index is 2.29. The fourth-order valence-electron chi connectivity index (χ4n) is 2.61. The summed E-state index contributed by atoms with van der Waals surface area (Å²) in [5.74, 6) is 1.03. The molecule has 0 radical (unpaired) electrons. The Hall–Kier alpha value is 0. The quantitative estimate of drug-likeness (QED) is 0.547. The van der Waals surface area contributed by atoms with Crippen LogP contribution in [-0.2, 0) is 0 Å². The topological polar surface area (TPSA) is 0 Å². The summed E-state index contributed by atoms with van der Waals surface area (Å²) in [6.45, 7) is 7.14. The zero-order valence-electron chi connectivity index (χ0n) is 9.73. The lowest BCUT2D eigenvalue weighted by Gasteiger charge is -2.27. The molecule has 1 fully saturated rings. The number of rotatable bonds is 1. The minimum atomic E-state index is 0.545. The van der Waals surface area contributed by atoms with Gasteiger partial charge < -0.3 is 0 Å². The summed E-state index contributed by atoms with van der Waals surface area (Å²) in [6.07, 6.45) is 11.9. The van der Waals surface area contributed by atoms with E-state index >= 15 is 0 Å². The van der Waals surface area contributed by atoms with E-state index in [1.165, 1.54) is 51.4 Å². The van der Waals surface area contributed by atoms with E-state index in [9.17, 15) is 0 Å². The van der Waals surface area contributed by atoms with E-state index in [-0.39, 0.29) is 0 Å². The van der Waals surface area contributed by atoms with Crippen LogP contribution in [0.5, 0.6) is 0 Å². The highest BCUT2D eigenvalue weighted by atomic mass is 14.2. The fraction of sp³-hybridized carbons (Fsp3) is 1.00. The Morgan fingerprint density at radius 2 is 1.31 bits per heavy atom. The molecule has 0 aromatic heterocycles. The van der Waals surface area contributed by atoms with Gasteiger partial charge in [0.1, 0.15) is 0 Å². The molecule has 1 saturated carbocycles. The average Bonchev–Trinajstić information content (AvgIpc) is 1.92. The first-order valence-corrected chi connectivity index (χ1v) is 6.08. The molecular formula is C13H26. The normalized spacial score (nSPS) is 22.4. The van der Waals surface area contributed by atoms with E-state index in [1.54, 1.807) is 0 Å². The molecule has 0 atom stereocenters. The Morgan fingerprint density at radius 1 is 0.846 bits per heavy atom. The summed E-state index contributed by atoms with van der Waals surface area (Å²) in [7, 11) is 0. The predicted molar refractivity (Wildman–Crippen MR) is 59.9 cm³/mol. The van der Waals surface area contributed by atoms with Crippen LogP contribution in [0.1, 0.15) is 72.1 Å². The first-order chi connectivity index (χ1) is 6.08. The molecule has 0 heterocycles. The molecule has 0 aromatic rings. The van der Waals surface area contributed by atoms with Gasteiger partial charge in [-0.15, -0.1) is 0 Å². The lowest BCUT2D eigenvalue weighted by molar-refractivity contribution is 0.252. The van der Waals surface area contributed by atoms with Crippen LogP contribution in [0.4, 0.5) is 0 Å². The third kappa shape index (κ3) is 5.33. The van der Waals surface area contributed by atoms with Crippen molar-refractivity contribution < 1.29 is 0 Å². The minimum absolute atomic E-state index is 0.545. The molecule has 1 aliphatic carbocycles. The first-order valence-electron chi connectivity index (χ1n) is 6.08. The zero-order chi connectivity index (χ0) is 9.73. The van der Waals surface area contributed by atoms with Gasteiger partial charge in [-0.2, -0.15) is 0 Å². The lowest BCUT2D eigenvalue weighted by atomic mass is 9.79. The van der Waals surface area contributed by atoms with Gasteiger partial charge in [-0.3, -0.25) is 0 Å². The monoisotopic (exact) mass is 182 g/mol. The Morgan fingerprint density at radius 3 is 1.77 bits per heavy atom. The van der Waals surface area contributed by atoms with Crippen molar-refractivity contribution in [2.24, 2.45) is 11.3 Å². The van der Waals surface area contributed by atoms with Crippen molar-refractivity contribution in [1.82, 2.24) is 0 Å². The van der Waals surface area contributed by atoms with Crippen molar-refractivity contribution in [3.8, 4) is 0 Å². The molecule has 0 aromatic carbocycles. The summed E-state index contributed by atoms with van der Waals surface area (Å²) in [5, 5.41) is 0. The van der Waals surface area contributed by atoms with Crippen LogP contribution >= 0.6 is 0 Å². The molecule has 78 valence electrons. The maximum absolute atomic E-state index is 2.38. The minimum Gasteiger partial charge on any atom is -0.0602 e. The van der Waals surface area contributed by atoms with Gasteiger partial charge in [0.2, 0.25) is 0 Å². The molecule has 0 amide bonds. The van der Waals surface area contributed by atoms with Crippen molar-refractivity contribution in [2.45, 2.75) is 72.1 Å².